The summed E-state index contributed by atoms with van der Waals surface area (Å²) in [5.74, 6) is 0.954. The fraction of sp³-hybridized carbons (Fsp3) is 0.357. The third kappa shape index (κ3) is 4.74. The van der Waals surface area contributed by atoms with E-state index in [1.54, 1.807) is 17.6 Å². The Morgan fingerprint density at radius 2 is 1.76 bits per heavy atom. The van der Waals surface area contributed by atoms with Gasteiger partial charge >= 0.3 is 0 Å². The number of rotatable bonds is 1. The number of methoxy groups -OCH3 is 1. The second kappa shape index (κ2) is 6.83. The summed E-state index contributed by atoms with van der Waals surface area (Å²) in [7, 11) is -3.22. The van der Waals surface area contributed by atoms with E-state index in [9.17, 15) is 0 Å². The lowest BCUT2D eigenvalue weighted by Gasteiger charge is -2.17. The molecule has 1 aromatic heterocycles. The maximum Gasteiger partial charge on any atom is 0.215 e. The molecule has 21 heavy (non-hydrogen) atoms. The minimum atomic E-state index is -4.94. The van der Waals surface area contributed by atoms with E-state index in [0.717, 1.165) is 5.75 Å². The topological polar surface area (TPSA) is 101 Å². The average molecular weight is 331 g/mol. The first kappa shape index (κ1) is 16.4. The summed E-state index contributed by atoms with van der Waals surface area (Å²) in [6, 6.07) is 6.42. The van der Waals surface area contributed by atoms with E-state index in [0.29, 0.717) is 0 Å². The Balaban J connectivity index is 0.000000282. The molecule has 1 aromatic carbocycles. The van der Waals surface area contributed by atoms with Crippen molar-refractivity contribution in [1.82, 2.24) is 0 Å². The van der Waals surface area contributed by atoms with Crippen LogP contribution in [0, 0.1) is 10.2 Å². The van der Waals surface area contributed by atoms with E-state index >= 15 is 0 Å². The van der Waals surface area contributed by atoms with Crippen molar-refractivity contribution in [3.8, 4) is 5.75 Å². The van der Waals surface area contributed by atoms with Gasteiger partial charge in [-0.3, -0.25) is 0 Å². The SMILES string of the molecule is COc1ccc2c3c([s+]cc2c1)CCCC3.[O-][Cl+3]([O-])([O-])[O-]. The summed E-state index contributed by atoms with van der Waals surface area (Å²) in [5, 5.41) is 5.02. The normalized spacial score (nSPS) is 14.1. The number of aryl methyl sites for hydroxylation is 2. The molecule has 114 valence electrons. The highest BCUT2D eigenvalue weighted by Crippen LogP contribution is 2.33. The Hall–Kier alpha value is -1.02. The number of hydrogen-bond acceptors (Lipinski definition) is 5. The third-order valence-electron chi connectivity index (χ3n) is 3.33. The molecule has 5 nitrogen and oxygen atoms in total. The molecule has 1 heterocycles. The number of fused-ring (bicyclic) bond motifs is 3. The summed E-state index contributed by atoms with van der Waals surface area (Å²) in [5.41, 5.74) is 1.58. The highest BCUT2D eigenvalue weighted by atomic mass is 35.7. The predicted molar refractivity (Wildman–Crippen MR) is 69.4 cm³/mol. The van der Waals surface area contributed by atoms with Crippen molar-refractivity contribution >= 4 is 22.1 Å². The second-order valence-corrected chi connectivity index (χ2v) is 6.40. The number of halogens is 1. The van der Waals surface area contributed by atoms with Crippen LogP contribution in [0.1, 0.15) is 23.3 Å². The minimum absolute atomic E-state index is 0.954. The summed E-state index contributed by atoms with van der Waals surface area (Å²) < 4.78 is 39.2. The second-order valence-electron chi connectivity index (χ2n) is 4.68. The Morgan fingerprint density at radius 3 is 2.43 bits per heavy atom. The van der Waals surface area contributed by atoms with Gasteiger partial charge in [-0.2, -0.15) is 0 Å². The molecule has 0 aliphatic heterocycles. The molecule has 7 heteroatoms. The van der Waals surface area contributed by atoms with Crippen LogP contribution in [0.15, 0.2) is 23.6 Å². The van der Waals surface area contributed by atoms with Gasteiger partial charge in [0, 0.05) is 17.4 Å². The maximum atomic E-state index is 8.49. The fourth-order valence-corrected chi connectivity index (χ4v) is 3.55. The zero-order chi connectivity index (χ0) is 15.5. The van der Waals surface area contributed by atoms with Crippen LogP contribution < -0.4 is 23.4 Å². The zero-order valence-corrected chi connectivity index (χ0v) is 13.0. The van der Waals surface area contributed by atoms with Crippen molar-refractivity contribution in [3.63, 3.8) is 0 Å². The molecule has 0 bridgehead atoms. The van der Waals surface area contributed by atoms with Crippen molar-refractivity contribution in [2.45, 2.75) is 25.7 Å². The van der Waals surface area contributed by atoms with Crippen LogP contribution in [-0.4, -0.2) is 7.11 Å². The maximum absolute atomic E-state index is 8.49. The largest absolute Gasteiger partial charge is 0.497 e. The molecule has 0 saturated carbocycles. The number of ether oxygens (including phenoxy) is 1. The van der Waals surface area contributed by atoms with Crippen molar-refractivity contribution in [2.24, 2.45) is 0 Å². The smallest absolute Gasteiger partial charge is 0.215 e. The third-order valence-corrected chi connectivity index (χ3v) is 4.44. The Kier molecular flexibility index (Phi) is 5.32. The van der Waals surface area contributed by atoms with Crippen LogP contribution in [-0.2, 0) is 12.8 Å². The first-order valence-corrected chi connectivity index (χ1v) is 8.52. The Bertz CT molecular complexity index is 621. The van der Waals surface area contributed by atoms with Gasteiger partial charge in [0.25, 0.3) is 0 Å². The standard InChI is InChI=1S/C14H15OS.ClHO4/c1-15-11-6-7-12-10(8-11)9-16-14-5-3-2-4-13(12)14;2-1(3,4)5/h6-9H,2-5H2,1H3;(H,2,3,4,5)/q+1;/p-1. The van der Waals surface area contributed by atoms with E-state index in [4.69, 9.17) is 23.4 Å². The molecular formula is C14H15ClO5S. The van der Waals surface area contributed by atoms with Gasteiger partial charge in [-0.1, -0.05) is 6.07 Å². The van der Waals surface area contributed by atoms with Crippen molar-refractivity contribution in [3.05, 3.63) is 34.0 Å². The van der Waals surface area contributed by atoms with E-state index < -0.39 is 10.2 Å². The lowest BCUT2D eigenvalue weighted by molar-refractivity contribution is -2.00. The molecule has 0 spiro atoms. The Morgan fingerprint density at radius 1 is 1.10 bits per heavy atom. The molecule has 2 aromatic rings. The molecule has 0 unspecified atom stereocenters. The number of benzene rings is 1. The zero-order valence-electron chi connectivity index (χ0n) is 11.5. The van der Waals surface area contributed by atoms with Crippen LogP contribution in [0.4, 0.5) is 0 Å². The van der Waals surface area contributed by atoms with Gasteiger partial charge in [0.1, 0.15) is 5.75 Å². The summed E-state index contributed by atoms with van der Waals surface area (Å²) in [6.45, 7) is 0. The predicted octanol–water partition coefficient (Wildman–Crippen LogP) is -0.686. The van der Waals surface area contributed by atoms with Crippen molar-refractivity contribution in [1.29, 1.82) is 0 Å². The lowest BCUT2D eigenvalue weighted by atomic mass is 9.95. The van der Waals surface area contributed by atoms with E-state index in [-0.39, 0.29) is 0 Å². The average Bonchev–Trinajstić information content (AvgIpc) is 2.44. The van der Waals surface area contributed by atoms with E-state index in [2.05, 4.69) is 23.6 Å². The van der Waals surface area contributed by atoms with Gasteiger partial charge in [0.15, 0.2) is 0 Å². The molecule has 0 radical (unpaired) electrons. The first-order chi connectivity index (χ1) is 9.88. The lowest BCUT2D eigenvalue weighted by Crippen LogP contribution is -2.68. The van der Waals surface area contributed by atoms with Crippen LogP contribution in [0.3, 0.4) is 0 Å². The molecule has 0 N–H and O–H groups in total. The molecule has 0 fully saturated rings. The number of hydrogen-bond donors (Lipinski definition) is 0. The highest BCUT2D eigenvalue weighted by molar-refractivity contribution is 7.10. The van der Waals surface area contributed by atoms with Gasteiger partial charge in [-0.25, -0.2) is 18.6 Å². The summed E-state index contributed by atoms with van der Waals surface area (Å²) in [6.07, 6.45) is 5.20. The van der Waals surface area contributed by atoms with Crippen molar-refractivity contribution in [2.75, 3.05) is 7.11 Å². The van der Waals surface area contributed by atoms with Crippen LogP contribution >= 0.6 is 11.3 Å². The molecule has 0 saturated heterocycles. The van der Waals surface area contributed by atoms with Gasteiger partial charge in [0.05, 0.1) is 7.11 Å². The molecule has 0 atom stereocenters. The molecular weight excluding hydrogens is 316 g/mol. The van der Waals surface area contributed by atoms with Gasteiger partial charge in [0.2, 0.25) is 21.6 Å². The first-order valence-electron chi connectivity index (χ1n) is 6.40. The van der Waals surface area contributed by atoms with Gasteiger partial charge in [-0.15, -0.1) is 10.2 Å². The highest BCUT2D eigenvalue weighted by Gasteiger charge is 2.20. The molecule has 0 amide bonds. The van der Waals surface area contributed by atoms with Gasteiger partial charge in [-0.05, 0) is 36.8 Å². The molecule has 1 aliphatic carbocycles. The quantitative estimate of drug-likeness (QED) is 0.644. The molecule has 1 aliphatic rings. The monoisotopic (exact) mass is 330 g/mol. The van der Waals surface area contributed by atoms with Crippen molar-refractivity contribution < 1.29 is 33.6 Å². The van der Waals surface area contributed by atoms with E-state index in [1.807, 2.05) is 11.3 Å². The fourth-order valence-electron chi connectivity index (χ4n) is 2.47. The Labute approximate surface area is 128 Å². The van der Waals surface area contributed by atoms with Crippen LogP contribution in [0.2, 0.25) is 0 Å². The van der Waals surface area contributed by atoms with Gasteiger partial charge < -0.3 is 4.74 Å². The van der Waals surface area contributed by atoms with E-state index in [1.165, 1.54) is 36.5 Å². The minimum Gasteiger partial charge on any atom is -0.497 e. The molecule has 3 rings (SSSR count). The summed E-state index contributed by atoms with van der Waals surface area (Å²) >= 11 is 1.91. The van der Waals surface area contributed by atoms with Crippen LogP contribution in [0.25, 0.3) is 10.8 Å². The summed E-state index contributed by atoms with van der Waals surface area (Å²) in [4.78, 5) is 1.59. The van der Waals surface area contributed by atoms with Crippen LogP contribution in [0.5, 0.6) is 5.75 Å².